The molecule has 0 aliphatic carbocycles. The molecular weight excluding hydrogens is 627 g/mol. The van der Waals surface area contributed by atoms with Crippen LogP contribution < -0.4 is 0 Å². The Hall–Kier alpha value is -0.0000000000000000763. The molecule has 0 aliphatic heterocycles. The Balaban J connectivity index is 3.90. The zero-order valence-electron chi connectivity index (χ0n) is 33.1. The average molecular weight is 712 g/mol. The van der Waals surface area contributed by atoms with Crippen molar-refractivity contribution in [3.63, 3.8) is 0 Å². The molecule has 0 spiro atoms. The van der Waals surface area contributed by atoms with Gasteiger partial charge in [0, 0.05) is 24.3 Å². The molecule has 0 aromatic heterocycles. The standard InChI is InChI=1S/C43H85NO2S2/c1-5-7-9-11-15-22-31-39-47-42(45)36-28-20-14-13-18-25-33-41(35-27-24-30-38-44(3)4)34-26-19-17-21-29-37-43(46)48-40-32-23-16-12-10-8-6-2/h41H,5-40H2,1-4H3. The van der Waals surface area contributed by atoms with Gasteiger partial charge in [0.2, 0.25) is 0 Å². The van der Waals surface area contributed by atoms with E-state index in [9.17, 15) is 9.59 Å². The molecule has 286 valence electrons. The van der Waals surface area contributed by atoms with E-state index in [2.05, 4.69) is 32.8 Å². The van der Waals surface area contributed by atoms with Crippen molar-refractivity contribution in [1.82, 2.24) is 4.90 Å². The van der Waals surface area contributed by atoms with Crippen LogP contribution in [0, 0.1) is 5.92 Å². The zero-order valence-corrected chi connectivity index (χ0v) is 34.7. The van der Waals surface area contributed by atoms with Gasteiger partial charge >= 0.3 is 0 Å². The molecule has 0 bridgehead atoms. The number of unbranched alkanes of at least 4 members (excludes halogenated alkanes) is 23. The smallest absolute Gasteiger partial charge is 0.188 e. The van der Waals surface area contributed by atoms with Gasteiger partial charge in [-0.15, -0.1) is 0 Å². The maximum Gasteiger partial charge on any atom is 0.188 e. The van der Waals surface area contributed by atoms with Crippen LogP contribution in [0.1, 0.15) is 226 Å². The third kappa shape index (κ3) is 38.8. The topological polar surface area (TPSA) is 37.4 Å². The summed E-state index contributed by atoms with van der Waals surface area (Å²) in [7, 11) is 4.37. The fraction of sp³-hybridized carbons (Fsp3) is 0.953. The van der Waals surface area contributed by atoms with Crippen molar-refractivity contribution in [2.75, 3.05) is 32.1 Å². The molecule has 0 radical (unpaired) electrons. The SMILES string of the molecule is CCCCCCCCCSC(=O)CCCCCCCCC(CCCCCCCC(=O)SCCCCCCCCC)CCCCCN(C)C. The predicted octanol–water partition coefficient (Wildman–Crippen LogP) is 14.6. The van der Waals surface area contributed by atoms with E-state index in [1.807, 2.05) is 0 Å². The monoisotopic (exact) mass is 712 g/mol. The van der Waals surface area contributed by atoms with E-state index in [1.165, 1.54) is 193 Å². The molecule has 0 saturated heterocycles. The van der Waals surface area contributed by atoms with Crippen molar-refractivity contribution in [3.05, 3.63) is 0 Å². The Morgan fingerprint density at radius 2 is 0.729 bits per heavy atom. The highest BCUT2D eigenvalue weighted by Gasteiger charge is 2.10. The van der Waals surface area contributed by atoms with E-state index in [0.29, 0.717) is 10.2 Å². The summed E-state index contributed by atoms with van der Waals surface area (Å²) in [6.45, 7) is 5.75. The summed E-state index contributed by atoms with van der Waals surface area (Å²) in [5.41, 5.74) is 0. The lowest BCUT2D eigenvalue weighted by molar-refractivity contribution is -0.111. The van der Waals surface area contributed by atoms with E-state index >= 15 is 0 Å². The maximum atomic E-state index is 12.2. The lowest BCUT2D eigenvalue weighted by Gasteiger charge is -2.17. The number of hydrogen-bond donors (Lipinski definition) is 0. The Labute approximate surface area is 310 Å². The van der Waals surface area contributed by atoms with Crippen LogP contribution in [0.25, 0.3) is 0 Å². The Morgan fingerprint density at radius 1 is 0.417 bits per heavy atom. The molecule has 48 heavy (non-hydrogen) atoms. The number of carbonyl (C=O) groups excluding carboxylic acids is 2. The molecule has 1 unspecified atom stereocenters. The van der Waals surface area contributed by atoms with E-state index in [1.54, 1.807) is 23.5 Å². The Kier molecular flexibility index (Phi) is 39.8. The Morgan fingerprint density at radius 3 is 1.10 bits per heavy atom. The van der Waals surface area contributed by atoms with E-state index < -0.39 is 0 Å². The van der Waals surface area contributed by atoms with E-state index in [4.69, 9.17) is 0 Å². The molecule has 5 heteroatoms. The minimum absolute atomic E-state index is 0.427. The summed E-state index contributed by atoms with van der Waals surface area (Å²) in [6.07, 6.45) is 42.5. The minimum Gasteiger partial charge on any atom is -0.309 e. The van der Waals surface area contributed by atoms with Gasteiger partial charge < -0.3 is 4.90 Å². The van der Waals surface area contributed by atoms with Crippen LogP contribution in [0.15, 0.2) is 0 Å². The fourth-order valence-electron chi connectivity index (χ4n) is 6.75. The molecule has 0 saturated carbocycles. The largest absolute Gasteiger partial charge is 0.309 e. The molecule has 0 heterocycles. The quantitative estimate of drug-likeness (QED) is 0.0593. The molecule has 0 aromatic rings. The lowest BCUT2D eigenvalue weighted by Crippen LogP contribution is -2.12. The summed E-state index contributed by atoms with van der Waals surface area (Å²) in [6, 6.07) is 0. The van der Waals surface area contributed by atoms with Crippen molar-refractivity contribution in [2.45, 2.75) is 226 Å². The van der Waals surface area contributed by atoms with Gasteiger partial charge in [-0.2, -0.15) is 0 Å². The van der Waals surface area contributed by atoms with Crippen molar-refractivity contribution in [3.8, 4) is 0 Å². The highest BCUT2D eigenvalue weighted by molar-refractivity contribution is 8.13. The molecule has 0 rings (SSSR count). The van der Waals surface area contributed by atoms with Crippen LogP contribution in [0.5, 0.6) is 0 Å². The minimum atomic E-state index is 0.427. The van der Waals surface area contributed by atoms with Crippen molar-refractivity contribution in [1.29, 1.82) is 0 Å². The molecule has 0 amide bonds. The van der Waals surface area contributed by atoms with Crippen LogP contribution in [-0.4, -0.2) is 47.3 Å². The van der Waals surface area contributed by atoms with Crippen LogP contribution in [0.2, 0.25) is 0 Å². The first-order chi connectivity index (χ1) is 23.5. The molecular formula is C43H85NO2S2. The second-order valence-corrected chi connectivity index (χ2v) is 17.5. The average Bonchev–Trinajstić information content (AvgIpc) is 3.07. The van der Waals surface area contributed by atoms with Gasteiger partial charge in [-0.25, -0.2) is 0 Å². The number of thioether (sulfide) groups is 2. The molecule has 0 aromatic carbocycles. The summed E-state index contributed by atoms with van der Waals surface area (Å²) in [5.74, 6) is 2.96. The third-order valence-electron chi connectivity index (χ3n) is 9.98. The van der Waals surface area contributed by atoms with Gasteiger partial charge in [-0.1, -0.05) is 204 Å². The normalized spacial score (nSPS) is 12.3. The Bertz CT molecular complexity index is 671. The van der Waals surface area contributed by atoms with Gasteiger partial charge in [0.1, 0.15) is 0 Å². The number of carbonyl (C=O) groups is 2. The molecule has 0 aliphatic rings. The number of rotatable bonds is 39. The maximum absolute atomic E-state index is 12.2. The molecule has 0 N–H and O–H groups in total. The molecule has 3 nitrogen and oxygen atoms in total. The first-order valence-electron chi connectivity index (χ1n) is 21.5. The molecule has 0 fully saturated rings. The second-order valence-electron chi connectivity index (χ2n) is 15.2. The van der Waals surface area contributed by atoms with Crippen LogP contribution in [0.4, 0.5) is 0 Å². The summed E-state index contributed by atoms with van der Waals surface area (Å²) >= 11 is 3.19. The van der Waals surface area contributed by atoms with Gasteiger partial charge in [-0.3, -0.25) is 9.59 Å². The highest BCUT2D eigenvalue weighted by atomic mass is 32.2. The van der Waals surface area contributed by atoms with Crippen LogP contribution in [0.3, 0.4) is 0 Å². The van der Waals surface area contributed by atoms with Gasteiger partial charge in [0.15, 0.2) is 10.2 Å². The van der Waals surface area contributed by atoms with E-state index in [0.717, 1.165) is 43.1 Å². The summed E-state index contributed by atoms with van der Waals surface area (Å²) in [4.78, 5) is 26.7. The van der Waals surface area contributed by atoms with E-state index in [-0.39, 0.29) is 0 Å². The first kappa shape index (κ1) is 48.0. The summed E-state index contributed by atoms with van der Waals surface area (Å²) < 4.78 is 0. The highest BCUT2D eigenvalue weighted by Crippen LogP contribution is 2.25. The second kappa shape index (κ2) is 39.8. The third-order valence-corrected chi connectivity index (χ3v) is 12.0. The zero-order chi connectivity index (χ0) is 35.2. The fourth-order valence-corrected chi connectivity index (χ4v) is 8.48. The van der Waals surface area contributed by atoms with Gasteiger partial charge in [0.05, 0.1) is 0 Å². The van der Waals surface area contributed by atoms with Crippen molar-refractivity contribution in [2.24, 2.45) is 5.92 Å². The van der Waals surface area contributed by atoms with Crippen molar-refractivity contribution >= 4 is 33.8 Å². The predicted molar refractivity (Wildman–Crippen MR) is 221 cm³/mol. The summed E-state index contributed by atoms with van der Waals surface area (Å²) in [5, 5.41) is 0.855. The van der Waals surface area contributed by atoms with Crippen LogP contribution >= 0.6 is 23.5 Å². The van der Waals surface area contributed by atoms with Crippen molar-refractivity contribution < 1.29 is 9.59 Å². The lowest BCUT2D eigenvalue weighted by atomic mass is 9.89. The number of hydrogen-bond acceptors (Lipinski definition) is 5. The van der Waals surface area contributed by atoms with Gasteiger partial charge in [-0.05, 0) is 58.7 Å². The van der Waals surface area contributed by atoms with Gasteiger partial charge in [0.25, 0.3) is 0 Å². The molecule has 1 atom stereocenters. The number of nitrogens with zero attached hydrogens (tertiary/aromatic N) is 1. The first-order valence-corrected chi connectivity index (χ1v) is 23.4. The van der Waals surface area contributed by atoms with Crippen LogP contribution in [-0.2, 0) is 9.59 Å².